The molecule has 2 aromatic heterocycles. The first kappa shape index (κ1) is 20.2. The van der Waals surface area contributed by atoms with Gasteiger partial charge in [0.05, 0.1) is 17.9 Å². The summed E-state index contributed by atoms with van der Waals surface area (Å²) < 4.78 is 47.0. The summed E-state index contributed by atoms with van der Waals surface area (Å²) in [7, 11) is 1.71. The van der Waals surface area contributed by atoms with Crippen molar-refractivity contribution in [2.45, 2.75) is 32.0 Å². The summed E-state index contributed by atoms with van der Waals surface area (Å²) in [4.78, 5) is 10.8. The molecule has 2 fully saturated rings. The van der Waals surface area contributed by atoms with Gasteiger partial charge in [-0.15, -0.1) is 0 Å². The van der Waals surface area contributed by atoms with Crippen molar-refractivity contribution in [1.29, 1.82) is 0 Å². The van der Waals surface area contributed by atoms with Crippen LogP contribution in [-0.2, 0) is 10.9 Å². The van der Waals surface area contributed by atoms with Crippen LogP contribution in [0, 0.1) is 11.8 Å². The van der Waals surface area contributed by atoms with E-state index in [1.165, 1.54) is 6.20 Å². The van der Waals surface area contributed by atoms with Gasteiger partial charge >= 0.3 is 6.18 Å². The molecule has 158 valence electrons. The largest absolute Gasteiger partial charge is 0.419 e. The Bertz CT molecular complexity index is 883. The summed E-state index contributed by atoms with van der Waals surface area (Å²) in [5.41, 5.74) is 5.35. The first-order chi connectivity index (χ1) is 13.7. The third-order valence-electron chi connectivity index (χ3n) is 5.95. The van der Waals surface area contributed by atoms with E-state index in [-0.39, 0.29) is 5.92 Å². The SMILES string of the molecule is COCCN1C[C@@H]2[C@H](C1)[C@H]2n1cc(-c2cnc(N)c(C(F)(F)F)c2)nc1C(C)C. The van der Waals surface area contributed by atoms with Crippen molar-refractivity contribution >= 4 is 5.82 Å². The van der Waals surface area contributed by atoms with Gasteiger partial charge < -0.3 is 19.9 Å². The number of hydrogen-bond donors (Lipinski definition) is 1. The van der Waals surface area contributed by atoms with Crippen LogP contribution in [0.4, 0.5) is 19.0 Å². The zero-order valence-electron chi connectivity index (χ0n) is 16.8. The van der Waals surface area contributed by atoms with Crippen molar-refractivity contribution in [3.05, 3.63) is 29.8 Å². The summed E-state index contributed by atoms with van der Waals surface area (Å²) in [6.45, 7) is 7.79. The Morgan fingerprint density at radius 1 is 1.28 bits per heavy atom. The smallest absolute Gasteiger partial charge is 0.383 e. The lowest BCUT2D eigenvalue weighted by molar-refractivity contribution is -0.137. The number of aromatic nitrogens is 3. The number of alkyl halides is 3. The molecule has 2 aliphatic rings. The van der Waals surface area contributed by atoms with Crippen LogP contribution >= 0.6 is 0 Å². The fraction of sp³-hybridized carbons (Fsp3) is 0.600. The van der Waals surface area contributed by atoms with E-state index in [4.69, 9.17) is 10.5 Å². The van der Waals surface area contributed by atoms with E-state index in [2.05, 4.69) is 19.4 Å². The average Bonchev–Trinajstić information content (AvgIpc) is 3.00. The molecule has 1 saturated heterocycles. The van der Waals surface area contributed by atoms with Crippen LogP contribution in [-0.4, -0.2) is 52.8 Å². The molecular weight excluding hydrogens is 383 g/mol. The monoisotopic (exact) mass is 409 g/mol. The number of imidazole rings is 1. The predicted molar refractivity (Wildman–Crippen MR) is 103 cm³/mol. The number of likely N-dealkylation sites (tertiary alicyclic amines) is 1. The summed E-state index contributed by atoms with van der Waals surface area (Å²) in [6, 6.07) is 1.40. The fourth-order valence-electron chi connectivity index (χ4n) is 4.45. The number of nitrogens with zero attached hydrogens (tertiary/aromatic N) is 4. The number of fused-ring (bicyclic) bond motifs is 1. The molecular formula is C20H26F3N5O. The molecule has 0 amide bonds. The number of rotatable bonds is 6. The molecule has 1 aliphatic carbocycles. The standard InChI is InChI=1S/C20H26F3N5O/c1-11(2)19-26-16(12-6-15(20(21,22)23)18(24)25-7-12)10-28(19)17-13-8-27(4-5-29-3)9-14(13)17/h6-7,10-11,13-14,17H,4-5,8-9H2,1-3H3,(H2,24,25)/t13-,14+,17+. The lowest BCUT2D eigenvalue weighted by Gasteiger charge is -2.20. The Hall–Kier alpha value is -2.13. The second-order valence-electron chi connectivity index (χ2n) is 8.27. The molecule has 6 nitrogen and oxygen atoms in total. The Labute approximate surface area is 167 Å². The molecule has 0 spiro atoms. The van der Waals surface area contributed by atoms with E-state index >= 15 is 0 Å². The van der Waals surface area contributed by atoms with Crippen LogP contribution < -0.4 is 5.73 Å². The minimum atomic E-state index is -4.55. The van der Waals surface area contributed by atoms with Crippen molar-refractivity contribution in [1.82, 2.24) is 19.4 Å². The first-order valence-corrected chi connectivity index (χ1v) is 9.83. The third-order valence-corrected chi connectivity index (χ3v) is 5.95. The average molecular weight is 409 g/mol. The molecule has 0 bridgehead atoms. The summed E-state index contributed by atoms with van der Waals surface area (Å²) in [6.07, 6.45) is -1.30. The van der Waals surface area contributed by atoms with Gasteiger partial charge in [0.25, 0.3) is 0 Å². The molecule has 3 atom stereocenters. The van der Waals surface area contributed by atoms with Gasteiger partial charge in [0.2, 0.25) is 0 Å². The van der Waals surface area contributed by atoms with Crippen LogP contribution in [0.3, 0.4) is 0 Å². The first-order valence-electron chi connectivity index (χ1n) is 9.83. The van der Waals surface area contributed by atoms with Gasteiger partial charge in [-0.2, -0.15) is 13.2 Å². The van der Waals surface area contributed by atoms with Crippen molar-refractivity contribution in [2.75, 3.05) is 39.1 Å². The van der Waals surface area contributed by atoms with Gasteiger partial charge in [0, 0.05) is 56.7 Å². The second kappa shape index (κ2) is 7.28. The number of nitrogens with two attached hydrogens (primary N) is 1. The van der Waals surface area contributed by atoms with E-state index in [1.54, 1.807) is 7.11 Å². The molecule has 4 rings (SSSR count). The third kappa shape index (κ3) is 3.73. The van der Waals surface area contributed by atoms with E-state index in [0.717, 1.165) is 38.1 Å². The van der Waals surface area contributed by atoms with E-state index in [1.807, 2.05) is 20.0 Å². The molecule has 1 saturated carbocycles. The summed E-state index contributed by atoms with van der Waals surface area (Å²) >= 11 is 0. The highest BCUT2D eigenvalue weighted by Gasteiger charge is 2.57. The molecule has 2 aromatic rings. The van der Waals surface area contributed by atoms with Crippen LogP contribution in [0.15, 0.2) is 18.5 Å². The highest BCUT2D eigenvalue weighted by molar-refractivity contribution is 5.62. The van der Waals surface area contributed by atoms with Crippen LogP contribution in [0.2, 0.25) is 0 Å². The molecule has 0 radical (unpaired) electrons. The quantitative estimate of drug-likeness (QED) is 0.792. The highest BCUT2D eigenvalue weighted by Crippen LogP contribution is 2.56. The maximum Gasteiger partial charge on any atom is 0.419 e. The van der Waals surface area contributed by atoms with Gasteiger partial charge in [0.15, 0.2) is 0 Å². The van der Waals surface area contributed by atoms with Gasteiger partial charge in [0.1, 0.15) is 11.6 Å². The lowest BCUT2D eigenvalue weighted by atomic mass is 10.1. The summed E-state index contributed by atoms with van der Waals surface area (Å²) in [5, 5.41) is 0. The van der Waals surface area contributed by atoms with Gasteiger partial charge in [-0.1, -0.05) is 13.8 Å². The Balaban J connectivity index is 1.60. The lowest BCUT2D eigenvalue weighted by Crippen LogP contribution is -2.28. The number of ether oxygens (including phenoxy) is 1. The fourth-order valence-corrected chi connectivity index (χ4v) is 4.45. The molecule has 0 unspecified atom stereocenters. The topological polar surface area (TPSA) is 69.2 Å². The number of nitrogen functional groups attached to an aromatic ring is 1. The molecule has 1 aliphatic heterocycles. The van der Waals surface area contributed by atoms with Gasteiger partial charge in [-0.3, -0.25) is 0 Å². The molecule has 2 N–H and O–H groups in total. The van der Waals surface area contributed by atoms with Crippen molar-refractivity contribution < 1.29 is 17.9 Å². The Kier molecular flexibility index (Phi) is 5.06. The zero-order valence-corrected chi connectivity index (χ0v) is 16.8. The maximum atomic E-state index is 13.2. The number of halogens is 3. The second-order valence-corrected chi connectivity index (χ2v) is 8.27. The van der Waals surface area contributed by atoms with E-state index in [9.17, 15) is 13.2 Å². The number of piperidine rings is 1. The predicted octanol–water partition coefficient (Wildman–Crippen LogP) is 3.42. The Morgan fingerprint density at radius 2 is 1.97 bits per heavy atom. The Morgan fingerprint density at radius 3 is 2.55 bits per heavy atom. The zero-order chi connectivity index (χ0) is 20.9. The minimum Gasteiger partial charge on any atom is -0.383 e. The van der Waals surface area contributed by atoms with Crippen molar-refractivity contribution in [3.8, 4) is 11.3 Å². The number of anilines is 1. The normalized spacial score (nSPS) is 24.3. The highest BCUT2D eigenvalue weighted by atomic mass is 19.4. The van der Waals surface area contributed by atoms with Crippen molar-refractivity contribution in [3.63, 3.8) is 0 Å². The van der Waals surface area contributed by atoms with Crippen LogP contribution in [0.1, 0.15) is 37.2 Å². The molecule has 29 heavy (non-hydrogen) atoms. The van der Waals surface area contributed by atoms with Crippen LogP contribution in [0.5, 0.6) is 0 Å². The van der Waals surface area contributed by atoms with Gasteiger partial charge in [-0.05, 0) is 17.9 Å². The van der Waals surface area contributed by atoms with E-state index < -0.39 is 17.6 Å². The van der Waals surface area contributed by atoms with Gasteiger partial charge in [-0.25, -0.2) is 9.97 Å². The number of pyridine rings is 1. The van der Waals surface area contributed by atoms with E-state index in [0.29, 0.717) is 29.1 Å². The molecule has 9 heteroatoms. The molecule has 0 aromatic carbocycles. The summed E-state index contributed by atoms with van der Waals surface area (Å²) in [5.74, 6) is 1.66. The number of methoxy groups -OCH3 is 1. The van der Waals surface area contributed by atoms with Crippen molar-refractivity contribution in [2.24, 2.45) is 11.8 Å². The number of hydrogen-bond acceptors (Lipinski definition) is 5. The maximum absolute atomic E-state index is 13.2. The molecule has 3 heterocycles. The van der Waals surface area contributed by atoms with Crippen LogP contribution in [0.25, 0.3) is 11.3 Å². The minimum absolute atomic E-state index is 0.165.